The van der Waals surface area contributed by atoms with Crippen LogP contribution in [0.2, 0.25) is 0 Å². The van der Waals surface area contributed by atoms with Crippen molar-refractivity contribution >= 4 is 40.0 Å². The Kier molecular flexibility index (Phi) is 6.67. The molecule has 33 heavy (non-hydrogen) atoms. The first-order chi connectivity index (χ1) is 16.0. The lowest BCUT2D eigenvalue weighted by Gasteiger charge is -2.38. The SMILES string of the molecule is COC(=O)CSc1nnc(N2C(N)=C(C#N)C(c3ccc(OC)cc3)C3=C2CCCC3=O)s1. The lowest BCUT2D eigenvalue weighted by molar-refractivity contribution is -0.137. The molecule has 0 bridgehead atoms. The molecule has 1 aromatic heterocycles. The molecule has 1 aliphatic heterocycles. The Labute approximate surface area is 198 Å². The van der Waals surface area contributed by atoms with Crippen molar-refractivity contribution in [2.24, 2.45) is 5.73 Å². The van der Waals surface area contributed by atoms with Crippen molar-refractivity contribution in [1.29, 1.82) is 5.26 Å². The number of rotatable bonds is 6. The maximum Gasteiger partial charge on any atom is 0.316 e. The van der Waals surface area contributed by atoms with Crippen LogP contribution in [0.4, 0.5) is 5.13 Å². The number of methoxy groups -OCH3 is 2. The van der Waals surface area contributed by atoms with Crippen LogP contribution in [0.3, 0.4) is 0 Å². The fourth-order valence-corrected chi connectivity index (χ4v) is 5.68. The number of Topliss-reactive ketones (excluding diaryl/α,β-unsaturated/α-hetero) is 1. The van der Waals surface area contributed by atoms with Crippen molar-refractivity contribution < 1.29 is 19.1 Å². The van der Waals surface area contributed by atoms with Gasteiger partial charge in [0.05, 0.1) is 37.5 Å². The zero-order valence-electron chi connectivity index (χ0n) is 18.0. The van der Waals surface area contributed by atoms with E-state index in [0.29, 0.717) is 40.1 Å². The summed E-state index contributed by atoms with van der Waals surface area (Å²) in [6.45, 7) is 0. The number of hydrogen-bond donors (Lipinski definition) is 1. The number of nitrogens with zero attached hydrogens (tertiary/aromatic N) is 4. The van der Waals surface area contributed by atoms with Crippen LogP contribution >= 0.6 is 23.1 Å². The molecular weight excluding hydrogens is 462 g/mol. The van der Waals surface area contributed by atoms with Gasteiger partial charge in [-0.05, 0) is 30.5 Å². The van der Waals surface area contributed by atoms with Gasteiger partial charge in [0, 0.05) is 17.7 Å². The minimum absolute atomic E-state index is 0.00729. The van der Waals surface area contributed by atoms with Crippen LogP contribution in [0.1, 0.15) is 30.7 Å². The minimum atomic E-state index is -0.555. The third-order valence-electron chi connectivity index (χ3n) is 5.49. The predicted molar refractivity (Wildman–Crippen MR) is 124 cm³/mol. The maximum atomic E-state index is 13.1. The van der Waals surface area contributed by atoms with E-state index in [1.54, 1.807) is 24.1 Å². The number of carbonyl (C=O) groups excluding carboxylic acids is 2. The smallest absolute Gasteiger partial charge is 0.316 e. The van der Waals surface area contributed by atoms with E-state index in [1.165, 1.54) is 30.2 Å². The molecule has 0 spiro atoms. The molecule has 0 saturated heterocycles. The van der Waals surface area contributed by atoms with Crippen LogP contribution in [0.5, 0.6) is 5.75 Å². The number of aromatic nitrogens is 2. The molecule has 170 valence electrons. The first kappa shape index (κ1) is 22.8. The first-order valence-electron chi connectivity index (χ1n) is 10.1. The molecule has 0 saturated carbocycles. The van der Waals surface area contributed by atoms with Crippen molar-refractivity contribution in [3.63, 3.8) is 0 Å². The van der Waals surface area contributed by atoms with Crippen LogP contribution in [0.15, 0.2) is 51.3 Å². The monoisotopic (exact) mass is 483 g/mol. The Morgan fingerprint density at radius 2 is 2.06 bits per heavy atom. The van der Waals surface area contributed by atoms with E-state index in [9.17, 15) is 14.9 Å². The van der Waals surface area contributed by atoms with Gasteiger partial charge in [-0.1, -0.05) is 35.2 Å². The fraction of sp³-hybridized carbons (Fsp3) is 0.318. The number of nitriles is 1. The van der Waals surface area contributed by atoms with E-state index in [1.807, 2.05) is 12.1 Å². The summed E-state index contributed by atoms with van der Waals surface area (Å²) in [4.78, 5) is 26.2. The Morgan fingerprint density at radius 1 is 1.30 bits per heavy atom. The molecule has 2 aromatic rings. The number of nitrogens with two attached hydrogens (primary N) is 1. The second-order valence-electron chi connectivity index (χ2n) is 7.30. The van der Waals surface area contributed by atoms with Crippen molar-refractivity contribution in [3.05, 3.63) is 52.5 Å². The maximum absolute atomic E-state index is 13.1. The first-order valence-corrected chi connectivity index (χ1v) is 11.9. The van der Waals surface area contributed by atoms with Gasteiger partial charge in [-0.3, -0.25) is 14.5 Å². The number of anilines is 1. The number of ketones is 1. The summed E-state index contributed by atoms with van der Waals surface area (Å²) < 4.78 is 10.5. The Balaban J connectivity index is 1.78. The lowest BCUT2D eigenvalue weighted by atomic mass is 9.76. The third kappa shape index (κ3) is 4.31. The van der Waals surface area contributed by atoms with Crippen LogP contribution < -0.4 is 15.4 Å². The lowest BCUT2D eigenvalue weighted by Crippen LogP contribution is -2.38. The molecule has 0 amide bonds. The Bertz CT molecular complexity index is 1200. The van der Waals surface area contributed by atoms with Gasteiger partial charge in [0.15, 0.2) is 10.1 Å². The third-order valence-corrected chi connectivity index (χ3v) is 7.51. The number of carbonyl (C=O) groups is 2. The molecule has 0 fully saturated rings. The fourth-order valence-electron chi connectivity index (χ4n) is 3.97. The van der Waals surface area contributed by atoms with Gasteiger partial charge >= 0.3 is 5.97 Å². The molecule has 4 rings (SSSR count). The number of ether oxygens (including phenoxy) is 2. The van der Waals surface area contributed by atoms with Crippen molar-refractivity contribution in [2.75, 3.05) is 24.9 Å². The van der Waals surface area contributed by atoms with E-state index in [2.05, 4.69) is 21.0 Å². The molecule has 1 atom stereocenters. The molecule has 9 nitrogen and oxygen atoms in total. The standard InChI is InChI=1S/C22H21N5O4S2/c1-30-13-8-6-12(7-9-13)18-14(10-23)20(24)27(15-4-3-5-16(28)19(15)18)21-25-26-22(33-21)32-11-17(29)31-2/h6-9,18H,3-5,11,24H2,1-2H3. The predicted octanol–water partition coefficient (Wildman–Crippen LogP) is 3.12. The molecule has 1 aromatic carbocycles. The highest BCUT2D eigenvalue weighted by Crippen LogP contribution is 2.47. The molecule has 11 heteroatoms. The van der Waals surface area contributed by atoms with Gasteiger partial charge in [0.25, 0.3) is 0 Å². The van der Waals surface area contributed by atoms with Gasteiger partial charge in [0.1, 0.15) is 11.6 Å². The normalized spacial score (nSPS) is 18.2. The van der Waals surface area contributed by atoms with E-state index >= 15 is 0 Å². The Morgan fingerprint density at radius 3 is 2.73 bits per heavy atom. The van der Waals surface area contributed by atoms with Crippen molar-refractivity contribution in [3.8, 4) is 11.8 Å². The zero-order chi connectivity index (χ0) is 23.5. The molecule has 1 unspecified atom stereocenters. The van der Waals surface area contributed by atoms with Gasteiger partial charge in [0.2, 0.25) is 5.13 Å². The highest BCUT2D eigenvalue weighted by atomic mass is 32.2. The summed E-state index contributed by atoms with van der Waals surface area (Å²) in [5, 5.41) is 18.9. The molecular formula is C22H21N5O4S2. The molecule has 1 aliphatic carbocycles. The largest absolute Gasteiger partial charge is 0.497 e. The average molecular weight is 484 g/mol. The van der Waals surface area contributed by atoms with Crippen LogP contribution in [-0.4, -0.2) is 41.9 Å². The van der Waals surface area contributed by atoms with Crippen molar-refractivity contribution in [2.45, 2.75) is 29.5 Å². The number of benzene rings is 1. The highest BCUT2D eigenvalue weighted by molar-refractivity contribution is 8.01. The number of hydrogen-bond acceptors (Lipinski definition) is 11. The Hall–Kier alpha value is -3.36. The van der Waals surface area contributed by atoms with E-state index in [4.69, 9.17) is 10.5 Å². The van der Waals surface area contributed by atoms with Gasteiger partial charge in [-0.15, -0.1) is 10.2 Å². The topological polar surface area (TPSA) is 131 Å². The number of esters is 1. The summed E-state index contributed by atoms with van der Waals surface area (Å²) in [5.41, 5.74) is 8.91. The van der Waals surface area contributed by atoms with Gasteiger partial charge in [-0.2, -0.15) is 5.26 Å². The zero-order valence-corrected chi connectivity index (χ0v) is 19.7. The van der Waals surface area contributed by atoms with Gasteiger partial charge in [-0.25, -0.2) is 0 Å². The van der Waals surface area contributed by atoms with E-state index in [-0.39, 0.29) is 28.9 Å². The average Bonchev–Trinajstić information content (AvgIpc) is 3.30. The van der Waals surface area contributed by atoms with Crippen LogP contribution in [0.25, 0.3) is 0 Å². The summed E-state index contributed by atoms with van der Waals surface area (Å²) in [6, 6.07) is 9.53. The summed E-state index contributed by atoms with van der Waals surface area (Å²) in [5.74, 6) is 0.0830. The number of thioether (sulfide) groups is 1. The van der Waals surface area contributed by atoms with Gasteiger partial charge < -0.3 is 15.2 Å². The second kappa shape index (κ2) is 9.64. The van der Waals surface area contributed by atoms with Crippen LogP contribution in [0, 0.1) is 11.3 Å². The van der Waals surface area contributed by atoms with Crippen LogP contribution in [-0.2, 0) is 14.3 Å². The molecule has 2 heterocycles. The quantitative estimate of drug-likeness (QED) is 0.483. The molecule has 2 N–H and O–H groups in total. The van der Waals surface area contributed by atoms with E-state index in [0.717, 1.165) is 11.3 Å². The summed E-state index contributed by atoms with van der Waals surface area (Å²) >= 11 is 2.44. The van der Waals surface area contributed by atoms with E-state index < -0.39 is 5.92 Å². The second-order valence-corrected chi connectivity index (χ2v) is 9.48. The summed E-state index contributed by atoms with van der Waals surface area (Å²) in [7, 11) is 2.90. The number of allylic oxidation sites excluding steroid dienone is 3. The minimum Gasteiger partial charge on any atom is -0.497 e. The molecule has 0 radical (unpaired) electrons. The summed E-state index contributed by atoms with van der Waals surface area (Å²) in [6.07, 6.45) is 1.72. The molecule has 2 aliphatic rings. The highest BCUT2D eigenvalue weighted by Gasteiger charge is 2.41. The van der Waals surface area contributed by atoms with Crippen molar-refractivity contribution in [1.82, 2.24) is 10.2 Å².